The van der Waals surface area contributed by atoms with Crippen LogP contribution in [0.2, 0.25) is 0 Å². The van der Waals surface area contributed by atoms with Crippen molar-refractivity contribution in [1.82, 2.24) is 0 Å². The van der Waals surface area contributed by atoms with E-state index in [0.29, 0.717) is 17.2 Å². The van der Waals surface area contributed by atoms with Crippen LogP contribution in [-0.4, -0.2) is 21.6 Å². The molecule has 0 amide bonds. The number of benzene rings is 1. The van der Waals surface area contributed by atoms with Crippen molar-refractivity contribution in [2.24, 2.45) is 5.73 Å². The molecule has 1 unspecified atom stereocenters. The van der Waals surface area contributed by atoms with Crippen molar-refractivity contribution in [3.63, 3.8) is 0 Å². The monoisotopic (exact) mass is 199 g/mol. The van der Waals surface area contributed by atoms with Crippen molar-refractivity contribution in [1.29, 1.82) is 0 Å². The molecule has 0 aliphatic heterocycles. The van der Waals surface area contributed by atoms with Crippen molar-refractivity contribution in [3.8, 4) is 5.75 Å². The molecule has 72 valence electrons. The summed E-state index contributed by atoms with van der Waals surface area (Å²) in [5.41, 5.74) is 5.30. The van der Waals surface area contributed by atoms with Gasteiger partial charge in [-0.3, -0.25) is 4.21 Å². The summed E-state index contributed by atoms with van der Waals surface area (Å²) in [5.74, 6) is 0.707. The van der Waals surface area contributed by atoms with E-state index in [4.69, 9.17) is 10.8 Å². The van der Waals surface area contributed by atoms with Crippen LogP contribution in [0.1, 0.15) is 6.42 Å². The Morgan fingerprint density at radius 3 is 2.85 bits per heavy atom. The molecule has 0 spiro atoms. The summed E-state index contributed by atoms with van der Waals surface area (Å²) in [6.07, 6.45) is 0.738. The van der Waals surface area contributed by atoms with Gasteiger partial charge in [0.1, 0.15) is 5.75 Å². The predicted octanol–water partition coefficient (Wildman–Crippen LogP) is 0.849. The lowest BCUT2D eigenvalue weighted by molar-refractivity contribution is 0.473. The minimum absolute atomic E-state index is 0.151. The summed E-state index contributed by atoms with van der Waals surface area (Å²) in [6, 6.07) is 6.51. The molecule has 0 bridgehead atoms. The molecular formula is C9H13NO2S. The minimum Gasteiger partial charge on any atom is -0.508 e. The molecule has 0 aliphatic carbocycles. The summed E-state index contributed by atoms with van der Waals surface area (Å²) in [5, 5.41) is 9.13. The number of nitrogens with two attached hydrogens (primary N) is 1. The Balaban J connectivity index is 2.66. The Hall–Kier alpha value is -0.870. The van der Waals surface area contributed by atoms with Crippen LogP contribution in [0, 0.1) is 0 Å². The highest BCUT2D eigenvalue weighted by Gasteiger charge is 2.02. The molecule has 4 heteroatoms. The third-order valence-corrected chi connectivity index (χ3v) is 3.05. The number of hydrogen-bond acceptors (Lipinski definition) is 3. The van der Waals surface area contributed by atoms with Crippen LogP contribution in [0.25, 0.3) is 0 Å². The first-order chi connectivity index (χ1) is 6.24. The summed E-state index contributed by atoms with van der Waals surface area (Å²) in [7, 11) is -1.03. The van der Waals surface area contributed by atoms with E-state index in [9.17, 15) is 4.21 Å². The molecule has 0 heterocycles. The largest absolute Gasteiger partial charge is 0.508 e. The van der Waals surface area contributed by atoms with Crippen LogP contribution in [0.5, 0.6) is 5.75 Å². The Morgan fingerprint density at radius 1 is 1.46 bits per heavy atom. The Labute approximate surface area is 80.0 Å². The predicted molar refractivity (Wildman–Crippen MR) is 53.1 cm³/mol. The van der Waals surface area contributed by atoms with Crippen molar-refractivity contribution in [2.75, 3.05) is 12.3 Å². The van der Waals surface area contributed by atoms with Crippen molar-refractivity contribution < 1.29 is 9.32 Å². The lowest BCUT2D eigenvalue weighted by atomic mass is 10.3. The maximum Gasteiger partial charge on any atom is 0.116 e. The molecule has 1 aromatic carbocycles. The molecule has 1 rings (SSSR count). The van der Waals surface area contributed by atoms with E-state index >= 15 is 0 Å². The second-order valence-electron chi connectivity index (χ2n) is 2.69. The van der Waals surface area contributed by atoms with Crippen molar-refractivity contribution >= 4 is 10.8 Å². The van der Waals surface area contributed by atoms with Crippen LogP contribution < -0.4 is 5.73 Å². The van der Waals surface area contributed by atoms with Gasteiger partial charge in [0, 0.05) is 10.6 Å². The maximum atomic E-state index is 11.5. The normalized spacial score (nSPS) is 12.7. The van der Waals surface area contributed by atoms with Crippen molar-refractivity contribution in [3.05, 3.63) is 24.3 Å². The second kappa shape index (κ2) is 4.99. The van der Waals surface area contributed by atoms with Gasteiger partial charge in [0.25, 0.3) is 0 Å². The van der Waals surface area contributed by atoms with Crippen LogP contribution in [-0.2, 0) is 10.8 Å². The fourth-order valence-corrected chi connectivity index (χ4v) is 2.10. The SMILES string of the molecule is NCCCS(=O)c1cccc(O)c1. The van der Waals surface area contributed by atoms with Gasteiger partial charge in [0.15, 0.2) is 0 Å². The fourth-order valence-electron chi connectivity index (χ4n) is 0.957. The maximum absolute atomic E-state index is 11.5. The molecule has 0 radical (unpaired) electrons. The van der Waals surface area contributed by atoms with Crippen LogP contribution >= 0.6 is 0 Å². The molecule has 3 N–H and O–H groups in total. The van der Waals surface area contributed by atoms with E-state index in [1.807, 2.05) is 0 Å². The van der Waals surface area contributed by atoms with Crippen LogP contribution in [0.4, 0.5) is 0 Å². The topological polar surface area (TPSA) is 63.3 Å². The van der Waals surface area contributed by atoms with Gasteiger partial charge < -0.3 is 10.8 Å². The number of hydrogen-bond donors (Lipinski definition) is 2. The zero-order chi connectivity index (χ0) is 9.68. The van der Waals surface area contributed by atoms with Gasteiger partial charge in [0.2, 0.25) is 0 Å². The van der Waals surface area contributed by atoms with Gasteiger partial charge >= 0.3 is 0 Å². The molecule has 0 saturated carbocycles. The number of phenolic OH excluding ortho intramolecular Hbond substituents is 1. The average molecular weight is 199 g/mol. The standard InChI is InChI=1S/C9H13NO2S/c10-5-2-6-13(12)9-4-1-3-8(11)7-9/h1,3-4,7,11H,2,5-6,10H2. The smallest absolute Gasteiger partial charge is 0.116 e. The van der Waals surface area contributed by atoms with E-state index in [1.54, 1.807) is 18.2 Å². The van der Waals surface area contributed by atoms with Gasteiger partial charge in [-0.05, 0) is 31.2 Å². The van der Waals surface area contributed by atoms with Gasteiger partial charge in [-0.15, -0.1) is 0 Å². The lowest BCUT2D eigenvalue weighted by Crippen LogP contribution is -2.05. The van der Waals surface area contributed by atoms with Crippen molar-refractivity contribution in [2.45, 2.75) is 11.3 Å². The highest BCUT2D eigenvalue weighted by atomic mass is 32.2. The van der Waals surface area contributed by atoms with E-state index in [-0.39, 0.29) is 5.75 Å². The first kappa shape index (κ1) is 10.2. The van der Waals surface area contributed by atoms with Gasteiger partial charge in [0.05, 0.1) is 10.8 Å². The molecule has 0 aliphatic rings. The van der Waals surface area contributed by atoms with E-state index in [1.165, 1.54) is 6.07 Å². The molecule has 0 saturated heterocycles. The number of aromatic hydroxyl groups is 1. The highest BCUT2D eigenvalue weighted by molar-refractivity contribution is 7.85. The molecule has 1 atom stereocenters. The molecular weight excluding hydrogens is 186 g/mol. The zero-order valence-corrected chi connectivity index (χ0v) is 8.09. The summed E-state index contributed by atoms with van der Waals surface area (Å²) < 4.78 is 11.5. The van der Waals surface area contributed by atoms with Gasteiger partial charge in [-0.1, -0.05) is 6.07 Å². The van der Waals surface area contributed by atoms with E-state index in [0.717, 1.165) is 6.42 Å². The Morgan fingerprint density at radius 2 is 2.23 bits per heavy atom. The Kier molecular flexibility index (Phi) is 3.92. The quantitative estimate of drug-likeness (QED) is 0.755. The molecule has 0 fully saturated rings. The molecule has 1 aromatic rings. The minimum atomic E-state index is -1.03. The van der Waals surface area contributed by atoms with E-state index < -0.39 is 10.8 Å². The zero-order valence-electron chi connectivity index (χ0n) is 7.27. The fraction of sp³-hybridized carbons (Fsp3) is 0.333. The molecule has 0 aromatic heterocycles. The second-order valence-corrected chi connectivity index (χ2v) is 4.26. The third kappa shape index (κ3) is 3.16. The summed E-state index contributed by atoms with van der Waals surface area (Å²) in [4.78, 5) is 0.661. The van der Waals surface area contributed by atoms with Gasteiger partial charge in [-0.2, -0.15) is 0 Å². The molecule has 13 heavy (non-hydrogen) atoms. The number of rotatable bonds is 4. The summed E-state index contributed by atoms with van der Waals surface area (Å²) >= 11 is 0. The first-order valence-electron chi connectivity index (χ1n) is 4.11. The average Bonchev–Trinajstić information content (AvgIpc) is 2.14. The summed E-state index contributed by atoms with van der Waals surface area (Å²) in [6.45, 7) is 0.546. The van der Waals surface area contributed by atoms with Gasteiger partial charge in [-0.25, -0.2) is 0 Å². The van der Waals surface area contributed by atoms with E-state index in [2.05, 4.69) is 0 Å². The highest BCUT2D eigenvalue weighted by Crippen LogP contribution is 2.14. The first-order valence-corrected chi connectivity index (χ1v) is 5.43. The lowest BCUT2D eigenvalue weighted by Gasteiger charge is -2.01. The van der Waals surface area contributed by atoms with Crippen LogP contribution in [0.15, 0.2) is 29.2 Å². The third-order valence-electron chi connectivity index (χ3n) is 1.61. The molecule has 3 nitrogen and oxygen atoms in total. The Bertz CT molecular complexity index is 301. The number of phenols is 1. The van der Waals surface area contributed by atoms with Crippen LogP contribution in [0.3, 0.4) is 0 Å².